The summed E-state index contributed by atoms with van der Waals surface area (Å²) in [6.45, 7) is 6.93. The number of unbranched alkanes of at least 4 members (excludes halogenated alkanes) is 13. The first-order valence-electron chi connectivity index (χ1n) is 13.5. The van der Waals surface area contributed by atoms with Crippen LogP contribution in [0.3, 0.4) is 0 Å². The fourth-order valence-electron chi connectivity index (χ4n) is 5.00. The van der Waals surface area contributed by atoms with Crippen LogP contribution in [0.25, 0.3) is 0 Å². The molecule has 30 heavy (non-hydrogen) atoms. The van der Waals surface area contributed by atoms with Crippen molar-refractivity contribution >= 4 is 0 Å². The monoisotopic (exact) mass is 416 g/mol. The van der Waals surface area contributed by atoms with Gasteiger partial charge in [-0.25, -0.2) is 0 Å². The summed E-state index contributed by atoms with van der Waals surface area (Å²) in [5, 5.41) is 10.5. The lowest BCUT2D eigenvalue weighted by Gasteiger charge is -2.28. The molecule has 0 aliphatic heterocycles. The van der Waals surface area contributed by atoms with Crippen LogP contribution in [0, 0.1) is 5.92 Å². The molecule has 1 heteroatoms. The first kappa shape index (κ1) is 27.1. The maximum absolute atomic E-state index is 10.5. The Hall–Kier alpha value is -0.980. The van der Waals surface area contributed by atoms with Gasteiger partial charge in [0.15, 0.2) is 0 Å². The largest absolute Gasteiger partial charge is 0.508 e. The average molecular weight is 417 g/mol. The van der Waals surface area contributed by atoms with Crippen molar-refractivity contribution in [2.24, 2.45) is 5.92 Å². The highest BCUT2D eigenvalue weighted by atomic mass is 16.3. The van der Waals surface area contributed by atoms with Crippen LogP contribution in [0.1, 0.15) is 148 Å². The molecule has 1 N–H and O–H groups in total. The van der Waals surface area contributed by atoms with E-state index in [-0.39, 0.29) is 0 Å². The van der Waals surface area contributed by atoms with E-state index in [1.807, 2.05) is 12.1 Å². The zero-order chi connectivity index (χ0) is 21.9. The van der Waals surface area contributed by atoms with Crippen LogP contribution in [-0.4, -0.2) is 5.11 Å². The lowest BCUT2D eigenvalue weighted by atomic mass is 9.77. The molecule has 0 saturated heterocycles. The highest BCUT2D eigenvalue weighted by Gasteiger charge is 2.23. The molecule has 2 unspecified atom stereocenters. The molecular weight excluding hydrogens is 364 g/mol. The number of phenolic OH excluding ortho intramolecular Hbond substituents is 1. The first-order chi connectivity index (χ1) is 14.7. The van der Waals surface area contributed by atoms with E-state index in [0.29, 0.717) is 17.6 Å². The van der Waals surface area contributed by atoms with Gasteiger partial charge in [0.1, 0.15) is 5.75 Å². The second-order valence-electron chi connectivity index (χ2n) is 9.51. The minimum Gasteiger partial charge on any atom is -0.508 e. The van der Waals surface area contributed by atoms with Gasteiger partial charge in [0.2, 0.25) is 0 Å². The van der Waals surface area contributed by atoms with Gasteiger partial charge in [-0.3, -0.25) is 0 Å². The minimum absolute atomic E-state index is 0.514. The number of rotatable bonds is 20. The summed E-state index contributed by atoms with van der Waals surface area (Å²) in [5.74, 6) is 1.75. The second kappa shape index (κ2) is 18.8. The maximum Gasteiger partial charge on any atom is 0.119 e. The van der Waals surface area contributed by atoms with Crippen molar-refractivity contribution in [3.05, 3.63) is 29.8 Å². The van der Waals surface area contributed by atoms with Crippen molar-refractivity contribution in [2.45, 2.75) is 142 Å². The minimum atomic E-state index is 0.514. The van der Waals surface area contributed by atoms with Crippen molar-refractivity contribution < 1.29 is 5.11 Å². The van der Waals surface area contributed by atoms with E-state index in [1.165, 1.54) is 121 Å². The van der Waals surface area contributed by atoms with Crippen LogP contribution in [0.5, 0.6) is 5.75 Å². The van der Waals surface area contributed by atoms with Gasteiger partial charge in [-0.05, 0) is 36.3 Å². The lowest BCUT2D eigenvalue weighted by molar-refractivity contribution is 0.333. The van der Waals surface area contributed by atoms with Crippen molar-refractivity contribution in [1.29, 1.82) is 0 Å². The summed E-state index contributed by atoms with van der Waals surface area (Å²) in [4.78, 5) is 0. The summed E-state index contributed by atoms with van der Waals surface area (Å²) in [7, 11) is 0. The molecule has 0 bridgehead atoms. The molecule has 1 nitrogen and oxygen atoms in total. The molecular formula is C29H52O. The molecule has 0 spiro atoms. The molecule has 0 aliphatic carbocycles. The van der Waals surface area contributed by atoms with Gasteiger partial charge >= 0.3 is 0 Å². The first-order valence-corrected chi connectivity index (χ1v) is 13.5. The Kier molecular flexibility index (Phi) is 16.9. The Balaban J connectivity index is 2.47. The maximum atomic E-state index is 10.5. The number of benzene rings is 1. The number of hydrogen-bond acceptors (Lipinski definition) is 1. The van der Waals surface area contributed by atoms with Crippen LogP contribution in [-0.2, 0) is 0 Å². The van der Waals surface area contributed by atoms with Gasteiger partial charge in [0.05, 0.1) is 0 Å². The molecule has 0 heterocycles. The zero-order valence-corrected chi connectivity index (χ0v) is 20.6. The van der Waals surface area contributed by atoms with Crippen LogP contribution in [0.15, 0.2) is 24.3 Å². The number of para-hydroxylation sites is 1. The zero-order valence-electron chi connectivity index (χ0n) is 20.6. The highest BCUT2D eigenvalue weighted by molar-refractivity contribution is 5.35. The van der Waals surface area contributed by atoms with E-state index in [2.05, 4.69) is 32.9 Å². The SMILES string of the molecule is CCCCCCCCCCCC(c1ccccc1O)C(CC)CCCCCCCC. The molecule has 0 amide bonds. The number of aromatic hydroxyl groups is 1. The van der Waals surface area contributed by atoms with Crippen molar-refractivity contribution in [2.75, 3.05) is 0 Å². The van der Waals surface area contributed by atoms with Crippen molar-refractivity contribution in [3.63, 3.8) is 0 Å². The van der Waals surface area contributed by atoms with Crippen LogP contribution in [0.4, 0.5) is 0 Å². The van der Waals surface area contributed by atoms with E-state index < -0.39 is 0 Å². The van der Waals surface area contributed by atoms with Gasteiger partial charge in [-0.2, -0.15) is 0 Å². The molecule has 0 aromatic heterocycles. The summed E-state index contributed by atoms with van der Waals surface area (Å²) in [6, 6.07) is 8.13. The van der Waals surface area contributed by atoms with E-state index in [9.17, 15) is 5.11 Å². The fraction of sp³-hybridized carbons (Fsp3) is 0.793. The van der Waals surface area contributed by atoms with E-state index in [0.717, 1.165) is 0 Å². The molecule has 0 aliphatic rings. The predicted octanol–water partition coefficient (Wildman–Crippen LogP) is 10.2. The summed E-state index contributed by atoms with van der Waals surface area (Å²) < 4.78 is 0. The molecule has 1 rings (SSSR count). The third-order valence-corrected chi connectivity index (χ3v) is 6.98. The van der Waals surface area contributed by atoms with Crippen molar-refractivity contribution in [3.8, 4) is 5.75 Å². The van der Waals surface area contributed by atoms with E-state index >= 15 is 0 Å². The average Bonchev–Trinajstić information content (AvgIpc) is 2.76. The molecule has 1 aromatic rings. The summed E-state index contributed by atoms with van der Waals surface area (Å²) in [6.07, 6.45) is 24.5. The number of hydrogen-bond donors (Lipinski definition) is 1. The molecule has 174 valence electrons. The van der Waals surface area contributed by atoms with E-state index in [1.54, 1.807) is 0 Å². The summed E-state index contributed by atoms with van der Waals surface area (Å²) >= 11 is 0. The van der Waals surface area contributed by atoms with Gasteiger partial charge < -0.3 is 5.11 Å². The Morgan fingerprint density at radius 1 is 0.600 bits per heavy atom. The third-order valence-electron chi connectivity index (χ3n) is 6.98. The highest BCUT2D eigenvalue weighted by Crippen LogP contribution is 2.39. The normalized spacial score (nSPS) is 13.4. The van der Waals surface area contributed by atoms with Crippen LogP contribution >= 0.6 is 0 Å². The molecule has 0 fully saturated rings. The molecule has 0 radical (unpaired) electrons. The third kappa shape index (κ3) is 12.0. The molecule has 2 atom stereocenters. The Morgan fingerprint density at radius 3 is 1.57 bits per heavy atom. The molecule has 0 saturated carbocycles. The van der Waals surface area contributed by atoms with Gasteiger partial charge in [-0.15, -0.1) is 0 Å². The van der Waals surface area contributed by atoms with Crippen LogP contribution < -0.4 is 0 Å². The lowest BCUT2D eigenvalue weighted by Crippen LogP contribution is -2.13. The standard InChI is InChI=1S/C29H52O/c1-4-7-9-11-13-14-15-17-19-23-27(28-24-20-21-25-29(28)30)26(6-3)22-18-16-12-10-8-5-2/h20-21,24-27,30H,4-19,22-23H2,1-3H3. The Labute approximate surface area is 189 Å². The smallest absolute Gasteiger partial charge is 0.119 e. The summed E-state index contributed by atoms with van der Waals surface area (Å²) in [5.41, 5.74) is 1.20. The van der Waals surface area contributed by atoms with E-state index in [4.69, 9.17) is 0 Å². The topological polar surface area (TPSA) is 20.2 Å². The fourth-order valence-corrected chi connectivity index (χ4v) is 5.00. The Morgan fingerprint density at radius 2 is 1.07 bits per heavy atom. The quantitative estimate of drug-likeness (QED) is 0.210. The van der Waals surface area contributed by atoms with Gasteiger partial charge in [0, 0.05) is 0 Å². The van der Waals surface area contributed by atoms with Crippen LogP contribution in [0.2, 0.25) is 0 Å². The van der Waals surface area contributed by atoms with Gasteiger partial charge in [-0.1, -0.05) is 142 Å². The number of phenols is 1. The predicted molar refractivity (Wildman–Crippen MR) is 134 cm³/mol. The second-order valence-corrected chi connectivity index (χ2v) is 9.51. The molecule has 1 aromatic carbocycles. The van der Waals surface area contributed by atoms with Gasteiger partial charge in [0.25, 0.3) is 0 Å². The van der Waals surface area contributed by atoms with Crippen molar-refractivity contribution in [1.82, 2.24) is 0 Å². The Bertz CT molecular complexity index is 495.